The first-order chi connectivity index (χ1) is 13.0. The number of amides is 2. The van der Waals surface area contributed by atoms with E-state index in [9.17, 15) is 9.59 Å². The van der Waals surface area contributed by atoms with E-state index in [0.717, 1.165) is 62.6 Å². The number of carbonyl (C=O) groups excluding carboxylic acids is 2. The van der Waals surface area contributed by atoms with Crippen molar-refractivity contribution in [3.63, 3.8) is 0 Å². The Labute approximate surface area is 159 Å². The monoisotopic (exact) mass is 375 g/mol. The average molecular weight is 375 g/mol. The fraction of sp³-hybridized carbons (Fsp3) is 0.737. The number of aryl methyl sites for hydroxylation is 2. The third-order valence-electron chi connectivity index (χ3n) is 6.21. The lowest BCUT2D eigenvalue weighted by Gasteiger charge is -2.36. The largest absolute Gasteiger partial charge is 0.361 e. The van der Waals surface area contributed by atoms with E-state index in [4.69, 9.17) is 4.52 Å². The lowest BCUT2D eigenvalue weighted by Crippen LogP contribution is -2.50. The first-order valence-electron chi connectivity index (χ1n) is 9.96. The molecular formula is C19H29N5O3. The third kappa shape index (κ3) is 3.73. The summed E-state index contributed by atoms with van der Waals surface area (Å²) in [5.41, 5.74) is 1.87. The third-order valence-corrected chi connectivity index (χ3v) is 6.21. The maximum absolute atomic E-state index is 13.0. The van der Waals surface area contributed by atoms with Gasteiger partial charge in [0, 0.05) is 50.9 Å². The smallest absolute Gasteiger partial charge is 0.236 e. The van der Waals surface area contributed by atoms with Crippen LogP contribution in [0.5, 0.6) is 0 Å². The predicted molar refractivity (Wildman–Crippen MR) is 98.9 cm³/mol. The van der Waals surface area contributed by atoms with Gasteiger partial charge in [0.1, 0.15) is 5.76 Å². The maximum atomic E-state index is 13.0. The van der Waals surface area contributed by atoms with Gasteiger partial charge in [-0.05, 0) is 26.7 Å². The molecule has 0 aromatic carbocycles. The molecule has 8 nitrogen and oxygen atoms in total. The van der Waals surface area contributed by atoms with Gasteiger partial charge in [-0.15, -0.1) is 0 Å². The van der Waals surface area contributed by atoms with E-state index in [0.29, 0.717) is 19.6 Å². The van der Waals surface area contributed by atoms with Crippen LogP contribution in [-0.4, -0.2) is 83.5 Å². The zero-order chi connectivity index (χ0) is 19.0. The summed E-state index contributed by atoms with van der Waals surface area (Å²) in [4.78, 5) is 31.8. The summed E-state index contributed by atoms with van der Waals surface area (Å²) in [5, 5.41) is 7.30. The van der Waals surface area contributed by atoms with E-state index in [1.54, 1.807) is 0 Å². The van der Waals surface area contributed by atoms with E-state index in [1.165, 1.54) is 0 Å². The van der Waals surface area contributed by atoms with Crippen LogP contribution < -0.4 is 5.32 Å². The first kappa shape index (κ1) is 18.4. The number of hydrogen-bond donors (Lipinski definition) is 1. The first-order valence-corrected chi connectivity index (χ1v) is 9.96. The predicted octanol–water partition coefficient (Wildman–Crippen LogP) is 0.146. The molecule has 2 atom stereocenters. The molecule has 0 spiro atoms. The second-order valence-electron chi connectivity index (χ2n) is 8.02. The number of piperidine rings is 1. The number of piperazine rings is 1. The zero-order valence-corrected chi connectivity index (χ0v) is 16.2. The van der Waals surface area contributed by atoms with E-state index >= 15 is 0 Å². The van der Waals surface area contributed by atoms with Crippen LogP contribution in [0.1, 0.15) is 29.9 Å². The van der Waals surface area contributed by atoms with Crippen LogP contribution in [0.2, 0.25) is 0 Å². The Bertz CT molecular complexity index is 693. The molecule has 5 rings (SSSR count). The van der Waals surface area contributed by atoms with Crippen LogP contribution >= 0.6 is 0 Å². The minimum absolute atomic E-state index is 0.0138. The molecule has 2 unspecified atom stereocenters. The van der Waals surface area contributed by atoms with Crippen molar-refractivity contribution in [3.05, 3.63) is 17.0 Å². The summed E-state index contributed by atoms with van der Waals surface area (Å²) < 4.78 is 5.27. The minimum atomic E-state index is -0.0138. The Balaban J connectivity index is 1.44. The van der Waals surface area contributed by atoms with E-state index in [-0.39, 0.29) is 23.8 Å². The van der Waals surface area contributed by atoms with Crippen LogP contribution in [0.25, 0.3) is 0 Å². The van der Waals surface area contributed by atoms with Crippen molar-refractivity contribution in [1.82, 2.24) is 25.2 Å². The van der Waals surface area contributed by atoms with Crippen molar-refractivity contribution >= 4 is 11.8 Å². The molecule has 1 N–H and O–H groups in total. The Morgan fingerprint density at radius 1 is 1.22 bits per heavy atom. The molecule has 4 aliphatic rings. The van der Waals surface area contributed by atoms with Gasteiger partial charge in [0.25, 0.3) is 0 Å². The lowest BCUT2D eigenvalue weighted by molar-refractivity contribution is -0.140. The van der Waals surface area contributed by atoms with Gasteiger partial charge < -0.3 is 19.6 Å². The van der Waals surface area contributed by atoms with Crippen molar-refractivity contribution in [2.75, 3.05) is 45.8 Å². The average Bonchev–Trinajstić information content (AvgIpc) is 2.83. The second-order valence-corrected chi connectivity index (χ2v) is 8.02. The SMILES string of the molecule is Cc1noc(C)c1CN1C(=O)C2CCC1CN(CC(=O)N1CCNCC1)C2. The normalized spacial score (nSPS) is 26.5. The van der Waals surface area contributed by atoms with Gasteiger partial charge in [-0.1, -0.05) is 5.16 Å². The molecule has 5 heterocycles. The number of fused-ring (bicyclic) bond motifs is 4. The summed E-state index contributed by atoms with van der Waals surface area (Å²) in [6, 6.07) is 0.153. The van der Waals surface area contributed by atoms with Gasteiger partial charge in [-0.25, -0.2) is 0 Å². The highest BCUT2D eigenvalue weighted by atomic mass is 16.5. The topological polar surface area (TPSA) is 81.9 Å². The quantitative estimate of drug-likeness (QED) is 0.807. The highest BCUT2D eigenvalue weighted by Crippen LogP contribution is 2.31. The van der Waals surface area contributed by atoms with Crippen LogP contribution in [0.3, 0.4) is 0 Å². The van der Waals surface area contributed by atoms with Crippen LogP contribution in [0.15, 0.2) is 4.52 Å². The van der Waals surface area contributed by atoms with Crippen molar-refractivity contribution in [1.29, 1.82) is 0 Å². The second kappa shape index (κ2) is 7.59. The number of nitrogens with one attached hydrogen (secondary N) is 1. The van der Waals surface area contributed by atoms with E-state index < -0.39 is 0 Å². The molecule has 4 fully saturated rings. The highest BCUT2D eigenvalue weighted by Gasteiger charge is 2.41. The lowest BCUT2D eigenvalue weighted by atomic mass is 9.93. The zero-order valence-electron chi connectivity index (χ0n) is 16.2. The maximum Gasteiger partial charge on any atom is 0.236 e. The fourth-order valence-electron chi connectivity index (χ4n) is 4.57. The Hall–Kier alpha value is -1.93. The molecule has 4 saturated heterocycles. The Kier molecular flexibility index (Phi) is 5.19. The van der Waals surface area contributed by atoms with Crippen molar-refractivity contribution < 1.29 is 14.1 Å². The van der Waals surface area contributed by atoms with Gasteiger partial charge in [0.05, 0.1) is 24.7 Å². The van der Waals surface area contributed by atoms with Gasteiger partial charge in [-0.3, -0.25) is 14.5 Å². The molecule has 0 aliphatic carbocycles. The minimum Gasteiger partial charge on any atom is -0.361 e. The number of hydrogen-bond acceptors (Lipinski definition) is 6. The molecular weight excluding hydrogens is 346 g/mol. The van der Waals surface area contributed by atoms with Crippen molar-refractivity contribution in [2.45, 2.75) is 39.3 Å². The summed E-state index contributed by atoms with van der Waals surface area (Å²) >= 11 is 0. The standard InChI is InChI=1S/C19H29N5O3/c1-13-17(14(2)27-21-13)11-24-16-4-3-15(19(24)26)9-22(10-16)12-18(25)23-7-5-20-6-8-23/h15-16,20H,3-12H2,1-2H3. The molecule has 8 heteroatoms. The van der Waals surface area contributed by atoms with Gasteiger partial charge in [0.15, 0.2) is 0 Å². The molecule has 4 aliphatic heterocycles. The Morgan fingerprint density at radius 2 is 2.00 bits per heavy atom. The van der Waals surface area contributed by atoms with Crippen LogP contribution in [-0.2, 0) is 16.1 Å². The Morgan fingerprint density at radius 3 is 2.70 bits per heavy atom. The number of aromatic nitrogens is 1. The molecule has 2 bridgehead atoms. The molecule has 27 heavy (non-hydrogen) atoms. The van der Waals surface area contributed by atoms with Gasteiger partial charge in [0.2, 0.25) is 11.8 Å². The number of nitrogens with zero attached hydrogens (tertiary/aromatic N) is 4. The van der Waals surface area contributed by atoms with Crippen molar-refractivity contribution in [3.8, 4) is 0 Å². The molecule has 0 radical (unpaired) electrons. The van der Waals surface area contributed by atoms with E-state index in [1.807, 2.05) is 23.6 Å². The van der Waals surface area contributed by atoms with Crippen molar-refractivity contribution in [2.24, 2.45) is 5.92 Å². The number of carbonyl (C=O) groups is 2. The summed E-state index contributed by atoms with van der Waals surface area (Å²) in [6.45, 7) is 9.52. The summed E-state index contributed by atoms with van der Waals surface area (Å²) in [6.07, 6.45) is 1.91. The van der Waals surface area contributed by atoms with E-state index in [2.05, 4.69) is 15.4 Å². The molecule has 0 saturated carbocycles. The molecule has 2 amide bonds. The molecule has 148 valence electrons. The highest BCUT2D eigenvalue weighted by molar-refractivity contribution is 5.81. The number of rotatable bonds is 4. The van der Waals surface area contributed by atoms with Gasteiger partial charge >= 0.3 is 0 Å². The molecule has 1 aromatic heterocycles. The van der Waals surface area contributed by atoms with Gasteiger partial charge in [-0.2, -0.15) is 0 Å². The van der Waals surface area contributed by atoms with Crippen LogP contribution in [0, 0.1) is 19.8 Å². The summed E-state index contributed by atoms with van der Waals surface area (Å²) in [7, 11) is 0. The molecule has 1 aromatic rings. The fourth-order valence-corrected chi connectivity index (χ4v) is 4.57. The van der Waals surface area contributed by atoms with Crippen LogP contribution in [0.4, 0.5) is 0 Å². The summed E-state index contributed by atoms with van der Waals surface area (Å²) in [5.74, 6) is 1.16.